The number of esters is 1. The lowest BCUT2D eigenvalue weighted by molar-refractivity contribution is 0.0600. The molecule has 0 amide bonds. The third-order valence-corrected chi connectivity index (χ3v) is 4.33. The highest BCUT2D eigenvalue weighted by Crippen LogP contribution is 2.19. The number of methoxy groups -OCH3 is 1. The topological polar surface area (TPSA) is 73.3 Å². The lowest BCUT2D eigenvalue weighted by atomic mass is 10.3. The molecule has 0 spiro atoms. The van der Waals surface area contributed by atoms with Crippen molar-refractivity contribution in [1.82, 2.24) is 4.98 Å². The largest absolute Gasteiger partial charge is 0.465 e. The summed E-state index contributed by atoms with van der Waals surface area (Å²) in [6.07, 6.45) is 0. The number of carbonyl (C=O) groups excluding carboxylic acids is 1. The van der Waals surface area contributed by atoms with Crippen LogP contribution >= 0.6 is 11.6 Å². The van der Waals surface area contributed by atoms with Crippen molar-refractivity contribution in [1.29, 1.82) is 0 Å². The minimum Gasteiger partial charge on any atom is -0.465 e. The summed E-state index contributed by atoms with van der Waals surface area (Å²) in [4.78, 5) is 15.0. The molecule has 0 unspecified atom stereocenters. The van der Waals surface area contributed by atoms with E-state index in [1.165, 1.54) is 27.0 Å². The Hall–Kier alpha value is -1.14. The van der Waals surface area contributed by atoms with E-state index in [0.717, 1.165) is 6.07 Å². The highest BCUT2D eigenvalue weighted by atomic mass is 35.5. The van der Waals surface area contributed by atoms with Crippen molar-refractivity contribution in [2.45, 2.75) is 24.1 Å². The number of nitrogens with zero attached hydrogens (tertiary/aromatic N) is 1. The number of hydrogen-bond acceptors (Lipinski definition) is 5. The van der Waals surface area contributed by atoms with E-state index in [1.54, 1.807) is 0 Å². The van der Waals surface area contributed by atoms with Gasteiger partial charge in [-0.15, -0.1) is 0 Å². The van der Waals surface area contributed by atoms with Crippen LogP contribution in [0.15, 0.2) is 17.2 Å². The van der Waals surface area contributed by atoms with Crippen molar-refractivity contribution < 1.29 is 17.9 Å². The van der Waals surface area contributed by atoms with Gasteiger partial charge < -0.3 is 4.74 Å². The van der Waals surface area contributed by atoms with Crippen molar-refractivity contribution >= 4 is 27.4 Å². The quantitative estimate of drug-likeness (QED) is 0.621. The van der Waals surface area contributed by atoms with Crippen molar-refractivity contribution in [3.05, 3.63) is 22.8 Å². The van der Waals surface area contributed by atoms with Gasteiger partial charge in [0.2, 0.25) is 0 Å². The van der Waals surface area contributed by atoms with E-state index >= 15 is 0 Å². The number of rotatable bonds is 3. The van der Waals surface area contributed by atoms with Gasteiger partial charge in [0.1, 0.15) is 5.15 Å². The number of halogens is 1. The zero-order valence-electron chi connectivity index (χ0n) is 9.60. The van der Waals surface area contributed by atoms with Gasteiger partial charge in [0.25, 0.3) is 0 Å². The Balaban J connectivity index is 3.38. The van der Waals surface area contributed by atoms with Crippen LogP contribution in [0.25, 0.3) is 0 Å². The van der Waals surface area contributed by atoms with Gasteiger partial charge in [0.05, 0.1) is 17.9 Å². The minimum atomic E-state index is -3.57. The second kappa shape index (κ2) is 5.01. The van der Waals surface area contributed by atoms with Crippen molar-refractivity contribution in [2.75, 3.05) is 7.11 Å². The first-order valence-corrected chi connectivity index (χ1v) is 6.71. The second-order valence-corrected chi connectivity index (χ2v) is 6.44. The molecule has 0 saturated carbocycles. The Morgan fingerprint density at radius 3 is 2.47 bits per heavy atom. The Labute approximate surface area is 105 Å². The summed E-state index contributed by atoms with van der Waals surface area (Å²) in [5.74, 6) is -0.658. The highest BCUT2D eigenvalue weighted by molar-refractivity contribution is 7.91. The smallest absolute Gasteiger partial charge is 0.338 e. The number of hydrogen-bond donors (Lipinski definition) is 0. The molecule has 5 nitrogen and oxygen atoms in total. The lowest BCUT2D eigenvalue weighted by Gasteiger charge is -2.08. The molecule has 1 aromatic heterocycles. The molecule has 1 heterocycles. The van der Waals surface area contributed by atoms with E-state index in [9.17, 15) is 13.2 Å². The van der Waals surface area contributed by atoms with Gasteiger partial charge in [0.15, 0.2) is 14.9 Å². The van der Waals surface area contributed by atoms with Crippen LogP contribution < -0.4 is 0 Å². The van der Waals surface area contributed by atoms with Crippen molar-refractivity contribution in [3.8, 4) is 0 Å². The summed E-state index contributed by atoms with van der Waals surface area (Å²) < 4.78 is 28.2. The maximum Gasteiger partial charge on any atom is 0.338 e. The summed E-state index contributed by atoms with van der Waals surface area (Å²) in [5, 5.41) is -0.925. The molecule has 0 aliphatic heterocycles. The van der Waals surface area contributed by atoms with E-state index < -0.39 is 21.1 Å². The van der Waals surface area contributed by atoms with Gasteiger partial charge in [-0.05, 0) is 26.0 Å². The molecule has 0 bridgehead atoms. The average Bonchev–Trinajstić information content (AvgIpc) is 2.26. The summed E-state index contributed by atoms with van der Waals surface area (Å²) in [5.41, 5.74) is 0.0618. The SMILES string of the molecule is COC(=O)c1cc(Cl)nc(S(=O)(=O)C(C)C)c1. The van der Waals surface area contributed by atoms with Crippen LogP contribution in [0.4, 0.5) is 0 Å². The molecular formula is C10H12ClNO4S. The predicted molar refractivity (Wildman–Crippen MR) is 62.9 cm³/mol. The fraction of sp³-hybridized carbons (Fsp3) is 0.400. The van der Waals surface area contributed by atoms with Gasteiger partial charge in [-0.25, -0.2) is 18.2 Å². The Kier molecular flexibility index (Phi) is 4.11. The maximum atomic E-state index is 11.9. The fourth-order valence-corrected chi connectivity index (χ4v) is 2.35. The van der Waals surface area contributed by atoms with Crippen LogP contribution in [0.2, 0.25) is 5.15 Å². The Morgan fingerprint density at radius 2 is 2.00 bits per heavy atom. The number of aromatic nitrogens is 1. The number of sulfone groups is 1. The zero-order chi connectivity index (χ0) is 13.2. The third kappa shape index (κ3) is 2.95. The summed E-state index contributed by atoms with van der Waals surface area (Å²) in [7, 11) is -2.37. The van der Waals surface area contributed by atoms with Gasteiger partial charge in [0, 0.05) is 0 Å². The minimum absolute atomic E-state index is 0.0618. The van der Waals surface area contributed by atoms with E-state index in [0.29, 0.717) is 0 Å². The molecule has 7 heteroatoms. The van der Waals surface area contributed by atoms with Crippen LogP contribution in [0.5, 0.6) is 0 Å². The van der Waals surface area contributed by atoms with Gasteiger partial charge in [-0.3, -0.25) is 0 Å². The van der Waals surface area contributed by atoms with Gasteiger partial charge in [-0.2, -0.15) is 0 Å². The van der Waals surface area contributed by atoms with Crippen molar-refractivity contribution in [3.63, 3.8) is 0 Å². The van der Waals surface area contributed by atoms with Gasteiger partial charge in [-0.1, -0.05) is 11.6 Å². The first kappa shape index (κ1) is 13.9. The second-order valence-electron chi connectivity index (χ2n) is 3.60. The summed E-state index contributed by atoms with van der Waals surface area (Å²) in [6, 6.07) is 2.42. The predicted octanol–water partition coefficient (Wildman–Crippen LogP) is 1.70. The molecule has 0 aromatic carbocycles. The molecular weight excluding hydrogens is 266 g/mol. The molecule has 0 fully saturated rings. The van der Waals surface area contributed by atoms with Crippen LogP contribution in [-0.4, -0.2) is 31.7 Å². The number of ether oxygens (including phenoxy) is 1. The molecule has 0 N–H and O–H groups in total. The first-order chi connectivity index (χ1) is 7.78. The standard InChI is InChI=1S/C10H12ClNO4S/c1-6(2)17(14,15)9-5-7(10(13)16-3)4-8(11)12-9/h4-6H,1-3H3. The molecule has 94 valence electrons. The fourth-order valence-electron chi connectivity index (χ4n) is 1.10. The highest BCUT2D eigenvalue weighted by Gasteiger charge is 2.23. The average molecular weight is 278 g/mol. The molecule has 1 rings (SSSR count). The van der Waals surface area contributed by atoms with Crippen LogP contribution in [0.1, 0.15) is 24.2 Å². The molecule has 17 heavy (non-hydrogen) atoms. The Bertz CT molecular complexity index is 539. The third-order valence-electron chi connectivity index (χ3n) is 2.10. The van der Waals surface area contributed by atoms with Crippen LogP contribution in [0, 0.1) is 0 Å². The van der Waals surface area contributed by atoms with E-state index in [4.69, 9.17) is 11.6 Å². The van der Waals surface area contributed by atoms with Crippen LogP contribution in [0.3, 0.4) is 0 Å². The monoisotopic (exact) mass is 277 g/mol. The first-order valence-electron chi connectivity index (χ1n) is 4.79. The van der Waals surface area contributed by atoms with Crippen LogP contribution in [-0.2, 0) is 14.6 Å². The zero-order valence-corrected chi connectivity index (χ0v) is 11.2. The Morgan fingerprint density at radius 1 is 1.41 bits per heavy atom. The molecule has 0 saturated heterocycles. The number of carbonyl (C=O) groups is 1. The summed E-state index contributed by atoms with van der Waals surface area (Å²) >= 11 is 5.68. The molecule has 0 aliphatic rings. The molecule has 0 atom stereocenters. The lowest BCUT2D eigenvalue weighted by Crippen LogP contribution is -2.16. The normalized spacial score (nSPS) is 11.6. The van der Waals surface area contributed by atoms with E-state index in [1.807, 2.05) is 0 Å². The summed E-state index contributed by atoms with van der Waals surface area (Å²) in [6.45, 7) is 3.05. The molecule has 1 aromatic rings. The van der Waals surface area contributed by atoms with Gasteiger partial charge >= 0.3 is 5.97 Å². The van der Waals surface area contributed by atoms with E-state index in [-0.39, 0.29) is 15.7 Å². The maximum absolute atomic E-state index is 11.9. The number of pyridine rings is 1. The molecule has 0 radical (unpaired) electrons. The van der Waals surface area contributed by atoms with Crippen molar-refractivity contribution in [2.24, 2.45) is 0 Å². The van der Waals surface area contributed by atoms with E-state index in [2.05, 4.69) is 9.72 Å². The molecule has 0 aliphatic carbocycles.